The molecule has 0 bridgehead atoms. The molecule has 0 spiro atoms. The van der Waals surface area contributed by atoms with Gasteiger partial charge in [-0.3, -0.25) is 0 Å². The first-order valence-corrected chi connectivity index (χ1v) is 10.9. The van der Waals surface area contributed by atoms with Crippen molar-refractivity contribution in [1.29, 1.82) is 0 Å². The molecule has 6 heteroatoms. The summed E-state index contributed by atoms with van der Waals surface area (Å²) >= 11 is 0. The van der Waals surface area contributed by atoms with Crippen LogP contribution in [0.1, 0.15) is 22.7 Å². The van der Waals surface area contributed by atoms with Gasteiger partial charge in [-0.2, -0.15) is 0 Å². The van der Waals surface area contributed by atoms with Crippen LogP contribution in [0.2, 0.25) is 0 Å². The average molecular weight is 440 g/mol. The number of para-hydroxylation sites is 1. The summed E-state index contributed by atoms with van der Waals surface area (Å²) in [6.45, 7) is 0.139. The minimum Gasteiger partial charge on any atom is -0.480 e. The first kappa shape index (κ1) is 20.8. The number of carbonyl (C=O) groups excluding carboxylic acids is 1. The smallest absolute Gasteiger partial charge is 0.407 e. The summed E-state index contributed by atoms with van der Waals surface area (Å²) in [6.07, 6.45) is -0.576. The number of ether oxygens (including phenoxy) is 1. The monoisotopic (exact) mass is 440 g/mol. The number of carboxylic acids is 1. The molecule has 3 aromatic carbocycles. The van der Waals surface area contributed by atoms with Gasteiger partial charge in [-0.1, -0.05) is 66.7 Å². The Labute approximate surface area is 191 Å². The van der Waals surface area contributed by atoms with Gasteiger partial charge >= 0.3 is 12.1 Å². The van der Waals surface area contributed by atoms with Crippen LogP contribution in [0.3, 0.4) is 0 Å². The molecule has 5 rings (SSSR count). The summed E-state index contributed by atoms with van der Waals surface area (Å²) in [4.78, 5) is 24.5. The van der Waals surface area contributed by atoms with Gasteiger partial charge in [-0.15, -0.1) is 0 Å². The van der Waals surface area contributed by atoms with Crippen LogP contribution in [-0.2, 0) is 23.0 Å². The SMILES string of the molecule is Cn1c(CC(NC(=O)OCC2c3ccccc3-c3ccccc32)C(=O)O)cc2ccccc21. The topological polar surface area (TPSA) is 80.6 Å². The normalized spacial score (nSPS) is 13.4. The fourth-order valence-corrected chi connectivity index (χ4v) is 4.73. The molecule has 1 amide bonds. The van der Waals surface area contributed by atoms with Gasteiger partial charge in [0, 0.05) is 30.6 Å². The number of rotatable bonds is 6. The van der Waals surface area contributed by atoms with Gasteiger partial charge in [0.25, 0.3) is 0 Å². The molecule has 1 aliphatic carbocycles. The van der Waals surface area contributed by atoms with Gasteiger partial charge in [0.1, 0.15) is 12.6 Å². The van der Waals surface area contributed by atoms with Gasteiger partial charge < -0.3 is 19.7 Å². The summed E-state index contributed by atoms with van der Waals surface area (Å²) in [5.41, 5.74) is 6.33. The second-order valence-corrected chi connectivity index (χ2v) is 8.32. The largest absolute Gasteiger partial charge is 0.480 e. The van der Waals surface area contributed by atoms with Crippen molar-refractivity contribution in [2.75, 3.05) is 6.61 Å². The van der Waals surface area contributed by atoms with Crippen LogP contribution < -0.4 is 5.32 Å². The van der Waals surface area contributed by atoms with E-state index < -0.39 is 18.1 Å². The maximum Gasteiger partial charge on any atom is 0.407 e. The van der Waals surface area contributed by atoms with Gasteiger partial charge in [0.15, 0.2) is 0 Å². The van der Waals surface area contributed by atoms with Gasteiger partial charge in [-0.25, -0.2) is 9.59 Å². The van der Waals surface area contributed by atoms with Crippen molar-refractivity contribution in [1.82, 2.24) is 9.88 Å². The number of nitrogens with zero attached hydrogens (tertiary/aromatic N) is 1. The van der Waals surface area contributed by atoms with E-state index in [9.17, 15) is 14.7 Å². The summed E-state index contributed by atoms with van der Waals surface area (Å²) in [7, 11) is 1.89. The Balaban J connectivity index is 1.29. The minimum absolute atomic E-state index is 0.0791. The molecule has 0 fully saturated rings. The van der Waals surface area contributed by atoms with Gasteiger partial charge in [0.2, 0.25) is 0 Å². The third-order valence-electron chi connectivity index (χ3n) is 6.40. The number of hydrogen-bond acceptors (Lipinski definition) is 3. The van der Waals surface area contributed by atoms with E-state index in [1.165, 1.54) is 0 Å². The van der Waals surface area contributed by atoms with Crippen molar-refractivity contribution >= 4 is 23.0 Å². The first-order valence-electron chi connectivity index (χ1n) is 10.9. The molecule has 0 saturated carbocycles. The zero-order chi connectivity index (χ0) is 22.9. The molecular weight excluding hydrogens is 416 g/mol. The van der Waals surface area contributed by atoms with Crippen LogP contribution >= 0.6 is 0 Å². The standard InChI is InChI=1S/C27H24N2O4/c1-29-18(14-17-8-2-7-13-25(17)29)15-24(26(30)31)28-27(32)33-16-23-21-11-5-3-9-19(21)20-10-4-6-12-22(20)23/h2-14,23-24H,15-16H2,1H3,(H,28,32)(H,30,31). The molecule has 4 aromatic rings. The summed E-state index contributed by atoms with van der Waals surface area (Å²) in [5.74, 6) is -1.18. The van der Waals surface area contributed by atoms with Crippen molar-refractivity contribution in [3.8, 4) is 11.1 Å². The Kier molecular flexibility index (Phi) is 5.34. The highest BCUT2D eigenvalue weighted by Crippen LogP contribution is 2.44. The van der Waals surface area contributed by atoms with Gasteiger partial charge in [0.05, 0.1) is 0 Å². The molecule has 0 saturated heterocycles. The van der Waals surface area contributed by atoms with Crippen molar-refractivity contribution in [2.24, 2.45) is 7.05 Å². The van der Waals surface area contributed by atoms with E-state index in [4.69, 9.17) is 4.74 Å². The maximum atomic E-state index is 12.6. The molecule has 33 heavy (non-hydrogen) atoms. The fourth-order valence-electron chi connectivity index (χ4n) is 4.73. The predicted octanol–water partition coefficient (Wildman–Crippen LogP) is 4.71. The van der Waals surface area contributed by atoms with Crippen molar-refractivity contribution in [2.45, 2.75) is 18.4 Å². The van der Waals surface area contributed by atoms with Crippen LogP contribution in [0.4, 0.5) is 4.79 Å². The lowest BCUT2D eigenvalue weighted by Gasteiger charge is -2.18. The number of hydrogen-bond donors (Lipinski definition) is 2. The number of carbonyl (C=O) groups is 2. The number of fused-ring (bicyclic) bond motifs is 4. The average Bonchev–Trinajstić information content (AvgIpc) is 3.32. The Bertz CT molecular complexity index is 1310. The zero-order valence-electron chi connectivity index (χ0n) is 18.2. The highest BCUT2D eigenvalue weighted by Gasteiger charge is 2.30. The number of benzene rings is 3. The zero-order valence-corrected chi connectivity index (χ0v) is 18.2. The van der Waals surface area contributed by atoms with Gasteiger partial charge in [-0.05, 0) is 39.8 Å². The molecule has 1 atom stereocenters. The van der Waals surface area contributed by atoms with E-state index in [0.717, 1.165) is 38.9 Å². The van der Waals surface area contributed by atoms with Crippen LogP contribution in [-0.4, -0.2) is 34.4 Å². The van der Waals surface area contributed by atoms with Crippen LogP contribution in [0.25, 0.3) is 22.0 Å². The lowest BCUT2D eigenvalue weighted by atomic mass is 9.98. The molecule has 6 nitrogen and oxygen atoms in total. The third-order valence-corrected chi connectivity index (χ3v) is 6.40. The van der Waals surface area contributed by atoms with E-state index in [-0.39, 0.29) is 18.9 Å². The predicted molar refractivity (Wildman–Crippen MR) is 126 cm³/mol. The number of aromatic nitrogens is 1. The van der Waals surface area contributed by atoms with E-state index in [1.54, 1.807) is 0 Å². The highest BCUT2D eigenvalue weighted by atomic mass is 16.5. The summed E-state index contributed by atoms with van der Waals surface area (Å²) in [5, 5.41) is 13.3. The lowest BCUT2D eigenvalue weighted by Crippen LogP contribution is -2.43. The summed E-state index contributed by atoms with van der Waals surface area (Å²) in [6, 6.07) is 24.9. The Morgan fingerprint density at radius 2 is 1.58 bits per heavy atom. The number of nitrogens with one attached hydrogen (secondary N) is 1. The second-order valence-electron chi connectivity index (χ2n) is 8.32. The molecule has 166 valence electrons. The number of carboxylic acid groups (broad SMARTS) is 1. The summed E-state index contributed by atoms with van der Waals surface area (Å²) < 4.78 is 7.48. The van der Waals surface area contributed by atoms with Crippen LogP contribution in [0, 0.1) is 0 Å². The van der Waals surface area contributed by atoms with Crippen LogP contribution in [0.15, 0.2) is 78.9 Å². The van der Waals surface area contributed by atoms with E-state index >= 15 is 0 Å². The van der Waals surface area contributed by atoms with E-state index in [1.807, 2.05) is 78.3 Å². The highest BCUT2D eigenvalue weighted by molar-refractivity contribution is 5.83. The second kappa shape index (κ2) is 8.47. The minimum atomic E-state index is -1.10. The Morgan fingerprint density at radius 1 is 0.970 bits per heavy atom. The van der Waals surface area contributed by atoms with Crippen molar-refractivity contribution < 1.29 is 19.4 Å². The molecular formula is C27H24N2O4. The molecule has 1 aliphatic rings. The molecule has 1 unspecified atom stereocenters. The number of amides is 1. The maximum absolute atomic E-state index is 12.6. The Hall–Kier alpha value is -4.06. The van der Waals surface area contributed by atoms with Crippen molar-refractivity contribution in [3.05, 3.63) is 95.7 Å². The lowest BCUT2D eigenvalue weighted by molar-refractivity contribution is -0.139. The van der Waals surface area contributed by atoms with E-state index in [2.05, 4.69) is 17.4 Å². The van der Waals surface area contributed by atoms with Crippen molar-refractivity contribution in [3.63, 3.8) is 0 Å². The fraction of sp³-hybridized carbons (Fsp3) is 0.185. The Morgan fingerprint density at radius 3 is 2.21 bits per heavy atom. The number of aliphatic carboxylic acids is 1. The molecule has 0 aliphatic heterocycles. The molecule has 1 aromatic heterocycles. The molecule has 0 radical (unpaired) electrons. The molecule has 1 heterocycles. The third kappa shape index (κ3) is 3.84. The number of alkyl carbamates (subject to hydrolysis) is 1. The quantitative estimate of drug-likeness (QED) is 0.455. The number of aryl methyl sites for hydroxylation is 1. The van der Waals surface area contributed by atoms with Crippen LogP contribution in [0.5, 0.6) is 0 Å². The molecule has 2 N–H and O–H groups in total. The first-order chi connectivity index (χ1) is 16.0. The van der Waals surface area contributed by atoms with E-state index in [0.29, 0.717) is 0 Å².